The molecule has 0 aliphatic heterocycles. The van der Waals surface area contributed by atoms with Crippen LogP contribution in [0.25, 0.3) is 10.6 Å². The third-order valence-corrected chi connectivity index (χ3v) is 3.83. The number of thiazole rings is 1. The SMILES string of the molecule is CN(CCO)C(=O)c1csc(-c2cccc(C(F)(F)F)c2)n1. The average molecular weight is 330 g/mol. The first-order valence-electron chi connectivity index (χ1n) is 6.32. The van der Waals surface area contributed by atoms with E-state index in [0.29, 0.717) is 10.6 Å². The smallest absolute Gasteiger partial charge is 0.395 e. The average Bonchev–Trinajstić information content (AvgIpc) is 2.95. The Labute approximate surface area is 128 Å². The number of hydrogen-bond acceptors (Lipinski definition) is 4. The van der Waals surface area contributed by atoms with E-state index in [1.807, 2.05) is 0 Å². The lowest BCUT2D eigenvalue weighted by molar-refractivity contribution is -0.137. The molecule has 1 aromatic heterocycles. The van der Waals surface area contributed by atoms with Gasteiger partial charge in [0.15, 0.2) is 0 Å². The van der Waals surface area contributed by atoms with Crippen molar-refractivity contribution in [3.05, 3.63) is 40.9 Å². The monoisotopic (exact) mass is 330 g/mol. The third kappa shape index (κ3) is 3.63. The number of carbonyl (C=O) groups is 1. The highest BCUT2D eigenvalue weighted by atomic mass is 32.1. The molecule has 118 valence electrons. The fraction of sp³-hybridized carbons (Fsp3) is 0.286. The van der Waals surface area contributed by atoms with Crippen LogP contribution in [0.2, 0.25) is 0 Å². The van der Waals surface area contributed by atoms with E-state index in [1.165, 1.54) is 29.5 Å². The van der Waals surface area contributed by atoms with Crippen LogP contribution < -0.4 is 0 Å². The van der Waals surface area contributed by atoms with Gasteiger partial charge < -0.3 is 10.0 Å². The topological polar surface area (TPSA) is 53.4 Å². The Morgan fingerprint density at radius 1 is 1.41 bits per heavy atom. The molecule has 4 nitrogen and oxygen atoms in total. The van der Waals surface area contributed by atoms with Crippen LogP contribution in [0.15, 0.2) is 29.6 Å². The Kier molecular flexibility index (Phi) is 4.82. The molecular formula is C14H13F3N2O2S. The van der Waals surface area contributed by atoms with Crippen LogP contribution in [-0.4, -0.2) is 41.1 Å². The fourth-order valence-corrected chi connectivity index (χ4v) is 2.57. The number of nitrogens with zero attached hydrogens (tertiary/aromatic N) is 2. The number of hydrogen-bond donors (Lipinski definition) is 1. The third-order valence-electron chi connectivity index (χ3n) is 2.94. The van der Waals surface area contributed by atoms with Crippen LogP contribution in [0.3, 0.4) is 0 Å². The Morgan fingerprint density at radius 2 is 2.14 bits per heavy atom. The molecule has 8 heteroatoms. The van der Waals surface area contributed by atoms with Gasteiger partial charge in [-0.25, -0.2) is 4.98 Å². The van der Waals surface area contributed by atoms with E-state index in [9.17, 15) is 18.0 Å². The molecular weight excluding hydrogens is 317 g/mol. The number of likely N-dealkylation sites (N-methyl/N-ethyl adjacent to an activating group) is 1. The van der Waals surface area contributed by atoms with E-state index < -0.39 is 11.7 Å². The number of amides is 1. The van der Waals surface area contributed by atoms with Gasteiger partial charge in [-0.05, 0) is 12.1 Å². The molecule has 2 rings (SSSR count). The van der Waals surface area contributed by atoms with Gasteiger partial charge in [0.05, 0.1) is 12.2 Å². The summed E-state index contributed by atoms with van der Waals surface area (Å²) in [6.07, 6.45) is -4.42. The second kappa shape index (κ2) is 6.45. The van der Waals surface area contributed by atoms with Crippen molar-refractivity contribution >= 4 is 17.2 Å². The summed E-state index contributed by atoms with van der Waals surface area (Å²) in [5.74, 6) is -0.386. The molecule has 1 N–H and O–H groups in total. The van der Waals surface area contributed by atoms with E-state index in [2.05, 4.69) is 4.98 Å². The second-order valence-electron chi connectivity index (χ2n) is 4.57. The summed E-state index contributed by atoms with van der Waals surface area (Å²) < 4.78 is 38.1. The van der Waals surface area contributed by atoms with Crippen LogP contribution in [0, 0.1) is 0 Å². The van der Waals surface area contributed by atoms with Crippen molar-refractivity contribution in [2.45, 2.75) is 6.18 Å². The van der Waals surface area contributed by atoms with E-state index >= 15 is 0 Å². The van der Waals surface area contributed by atoms with E-state index in [-0.39, 0.29) is 24.8 Å². The summed E-state index contributed by atoms with van der Waals surface area (Å²) in [5.41, 5.74) is -0.303. The normalized spacial score (nSPS) is 11.5. The van der Waals surface area contributed by atoms with Crippen molar-refractivity contribution < 1.29 is 23.1 Å². The number of benzene rings is 1. The number of carbonyl (C=O) groups excluding carboxylic acids is 1. The van der Waals surface area contributed by atoms with Crippen LogP contribution in [0.1, 0.15) is 16.1 Å². The van der Waals surface area contributed by atoms with Gasteiger partial charge in [-0.15, -0.1) is 11.3 Å². The van der Waals surface area contributed by atoms with Crippen molar-refractivity contribution in [1.82, 2.24) is 9.88 Å². The van der Waals surface area contributed by atoms with Gasteiger partial charge in [-0.2, -0.15) is 13.2 Å². The van der Waals surface area contributed by atoms with E-state index in [1.54, 1.807) is 0 Å². The molecule has 0 spiro atoms. The summed E-state index contributed by atoms with van der Waals surface area (Å²) >= 11 is 1.10. The molecule has 0 unspecified atom stereocenters. The minimum absolute atomic E-state index is 0.147. The number of aliphatic hydroxyl groups excluding tert-OH is 1. The lowest BCUT2D eigenvalue weighted by Gasteiger charge is -2.13. The molecule has 1 heterocycles. The first-order chi connectivity index (χ1) is 10.3. The predicted octanol–water partition coefficient (Wildman–Crippen LogP) is 2.89. The van der Waals surface area contributed by atoms with Gasteiger partial charge >= 0.3 is 6.18 Å². The van der Waals surface area contributed by atoms with Crippen LogP contribution in [-0.2, 0) is 6.18 Å². The van der Waals surface area contributed by atoms with Crippen LogP contribution in [0.5, 0.6) is 0 Å². The molecule has 22 heavy (non-hydrogen) atoms. The van der Waals surface area contributed by atoms with E-state index in [4.69, 9.17) is 5.11 Å². The quantitative estimate of drug-likeness (QED) is 0.938. The zero-order chi connectivity index (χ0) is 16.3. The van der Waals surface area contributed by atoms with Gasteiger partial charge in [0, 0.05) is 24.5 Å². The first-order valence-corrected chi connectivity index (χ1v) is 7.20. The van der Waals surface area contributed by atoms with Gasteiger partial charge in [-0.3, -0.25) is 4.79 Å². The number of halogens is 3. The summed E-state index contributed by atoms with van der Waals surface area (Å²) in [7, 11) is 1.52. The number of rotatable bonds is 4. The highest BCUT2D eigenvalue weighted by molar-refractivity contribution is 7.13. The van der Waals surface area contributed by atoms with Gasteiger partial charge in [-0.1, -0.05) is 12.1 Å². The van der Waals surface area contributed by atoms with Gasteiger partial charge in [0.2, 0.25) is 0 Å². The maximum absolute atomic E-state index is 12.7. The summed E-state index contributed by atoms with van der Waals surface area (Å²) in [6, 6.07) is 4.81. The Balaban J connectivity index is 2.27. The molecule has 0 atom stereocenters. The van der Waals surface area contributed by atoms with Crippen LogP contribution >= 0.6 is 11.3 Å². The van der Waals surface area contributed by atoms with Crippen molar-refractivity contribution in [2.24, 2.45) is 0 Å². The van der Waals surface area contributed by atoms with Crippen molar-refractivity contribution in [3.8, 4) is 10.6 Å². The zero-order valence-corrected chi connectivity index (χ0v) is 12.4. The highest BCUT2D eigenvalue weighted by Crippen LogP contribution is 2.33. The highest BCUT2D eigenvalue weighted by Gasteiger charge is 2.30. The molecule has 0 bridgehead atoms. The molecule has 1 amide bonds. The number of aromatic nitrogens is 1. The maximum atomic E-state index is 12.7. The zero-order valence-electron chi connectivity index (χ0n) is 11.6. The Morgan fingerprint density at radius 3 is 2.77 bits per heavy atom. The number of alkyl halides is 3. The summed E-state index contributed by atoms with van der Waals surface area (Å²) in [4.78, 5) is 17.4. The number of aliphatic hydroxyl groups is 1. The summed E-state index contributed by atoms with van der Waals surface area (Å²) in [6.45, 7) is -0.0118. The van der Waals surface area contributed by atoms with Crippen LogP contribution in [0.4, 0.5) is 13.2 Å². The minimum atomic E-state index is -4.42. The fourth-order valence-electron chi connectivity index (χ4n) is 1.78. The van der Waals surface area contributed by atoms with Crippen molar-refractivity contribution in [2.75, 3.05) is 20.2 Å². The molecule has 0 radical (unpaired) electrons. The standard InChI is InChI=1S/C14H13F3N2O2S/c1-19(5-6-20)13(21)11-8-22-12(18-11)9-3-2-4-10(7-9)14(15,16)17/h2-4,7-8,20H,5-6H2,1H3. The molecule has 0 saturated carbocycles. The molecule has 2 aromatic rings. The molecule has 0 aliphatic carbocycles. The molecule has 1 aromatic carbocycles. The minimum Gasteiger partial charge on any atom is -0.395 e. The predicted molar refractivity (Wildman–Crippen MR) is 76.6 cm³/mol. The van der Waals surface area contributed by atoms with Crippen molar-refractivity contribution in [1.29, 1.82) is 0 Å². The lowest BCUT2D eigenvalue weighted by atomic mass is 10.1. The molecule has 0 fully saturated rings. The van der Waals surface area contributed by atoms with Gasteiger partial charge in [0.25, 0.3) is 5.91 Å². The van der Waals surface area contributed by atoms with E-state index in [0.717, 1.165) is 23.5 Å². The lowest BCUT2D eigenvalue weighted by Crippen LogP contribution is -2.29. The Hall–Kier alpha value is -1.93. The van der Waals surface area contributed by atoms with Gasteiger partial charge in [0.1, 0.15) is 10.7 Å². The molecule has 0 aliphatic rings. The maximum Gasteiger partial charge on any atom is 0.416 e. The second-order valence-corrected chi connectivity index (χ2v) is 5.42. The first kappa shape index (κ1) is 16.4. The largest absolute Gasteiger partial charge is 0.416 e. The van der Waals surface area contributed by atoms with Crippen molar-refractivity contribution in [3.63, 3.8) is 0 Å². The molecule has 0 saturated heterocycles. The Bertz CT molecular complexity index is 670. The summed E-state index contributed by atoms with van der Waals surface area (Å²) in [5, 5.41) is 10.6.